The molecule has 33 heavy (non-hydrogen) atoms. The molecule has 3 rings (SSSR count). The first-order valence-corrected chi connectivity index (χ1v) is 11.7. The maximum absolute atomic E-state index is 13.1. The molecule has 0 aromatic heterocycles. The minimum absolute atomic E-state index is 0.00501. The second-order valence-electron chi connectivity index (χ2n) is 7.09. The number of sulfonamides is 1. The van der Waals surface area contributed by atoms with Gasteiger partial charge in [0.1, 0.15) is 5.75 Å². The molecule has 172 valence electrons. The molecular weight excluding hydrogens is 466 g/mol. The van der Waals surface area contributed by atoms with Crippen LogP contribution >= 0.6 is 11.6 Å². The number of esters is 1. The van der Waals surface area contributed by atoms with E-state index in [1.807, 2.05) is 0 Å². The average Bonchev–Trinajstić information content (AvgIpc) is 2.83. The number of nitrogens with zero attached hydrogens (tertiary/aromatic N) is 1. The highest BCUT2D eigenvalue weighted by molar-refractivity contribution is 7.92. The monoisotopic (exact) mass is 487 g/mol. The number of methoxy groups -OCH3 is 1. The zero-order valence-corrected chi connectivity index (χ0v) is 19.8. The molecule has 0 bridgehead atoms. The van der Waals surface area contributed by atoms with Gasteiger partial charge < -0.3 is 9.47 Å². The highest BCUT2D eigenvalue weighted by Crippen LogP contribution is 2.26. The molecule has 0 spiro atoms. The van der Waals surface area contributed by atoms with Gasteiger partial charge in [-0.25, -0.2) is 13.2 Å². The number of Topliss-reactive ketones (excluding diaryl/α,β-unsaturated/α-hetero) is 1. The summed E-state index contributed by atoms with van der Waals surface area (Å²) in [5.41, 5.74) is 0.631. The lowest BCUT2D eigenvalue weighted by atomic mass is 10.1. The summed E-state index contributed by atoms with van der Waals surface area (Å²) in [7, 11) is -1.05. The van der Waals surface area contributed by atoms with Crippen LogP contribution in [0.2, 0.25) is 5.02 Å². The number of halogens is 1. The summed E-state index contributed by atoms with van der Waals surface area (Å²) in [6.07, 6.45) is -1.12. The molecule has 0 amide bonds. The van der Waals surface area contributed by atoms with E-state index < -0.39 is 27.9 Å². The molecule has 3 aromatic rings. The van der Waals surface area contributed by atoms with Gasteiger partial charge in [0, 0.05) is 12.6 Å². The largest absolute Gasteiger partial charge is 0.497 e. The van der Waals surface area contributed by atoms with Gasteiger partial charge >= 0.3 is 5.97 Å². The van der Waals surface area contributed by atoms with Crippen LogP contribution in [-0.2, 0) is 14.8 Å². The van der Waals surface area contributed by atoms with E-state index in [-0.39, 0.29) is 15.5 Å². The Bertz CT molecular complexity index is 1260. The zero-order valence-electron chi connectivity index (χ0n) is 18.2. The Balaban J connectivity index is 1.82. The second kappa shape index (κ2) is 10.1. The number of carbonyl (C=O) groups excluding carboxylic acids is 2. The van der Waals surface area contributed by atoms with Crippen LogP contribution in [0.25, 0.3) is 0 Å². The predicted octanol–water partition coefficient (Wildman–Crippen LogP) is 4.60. The van der Waals surface area contributed by atoms with E-state index in [4.69, 9.17) is 21.1 Å². The molecule has 1 atom stereocenters. The van der Waals surface area contributed by atoms with Crippen molar-refractivity contribution in [3.8, 4) is 5.75 Å². The van der Waals surface area contributed by atoms with Crippen LogP contribution in [-0.4, -0.2) is 40.4 Å². The third-order valence-electron chi connectivity index (χ3n) is 4.96. The van der Waals surface area contributed by atoms with Crippen LogP contribution < -0.4 is 9.04 Å². The van der Waals surface area contributed by atoms with Crippen LogP contribution in [0.3, 0.4) is 0 Å². The van der Waals surface area contributed by atoms with E-state index in [1.165, 1.54) is 33.2 Å². The molecule has 0 aliphatic carbocycles. The maximum atomic E-state index is 13.1. The molecule has 1 unspecified atom stereocenters. The predicted molar refractivity (Wildman–Crippen MR) is 126 cm³/mol. The van der Waals surface area contributed by atoms with Crippen molar-refractivity contribution >= 4 is 39.1 Å². The SMILES string of the molecule is COc1ccc(C(=O)C(C)OC(=O)c2cc(S(=O)(=O)N(C)c3ccccc3)ccc2Cl)cc1. The van der Waals surface area contributed by atoms with Gasteiger partial charge in [-0.15, -0.1) is 0 Å². The third-order valence-corrected chi connectivity index (χ3v) is 7.07. The van der Waals surface area contributed by atoms with Gasteiger partial charge in [0.2, 0.25) is 5.78 Å². The van der Waals surface area contributed by atoms with Crippen molar-refractivity contribution in [1.29, 1.82) is 0 Å². The summed E-state index contributed by atoms with van der Waals surface area (Å²) in [6.45, 7) is 1.43. The van der Waals surface area contributed by atoms with Crippen LogP contribution in [0.15, 0.2) is 77.7 Å². The molecule has 0 N–H and O–H groups in total. The summed E-state index contributed by atoms with van der Waals surface area (Å²) >= 11 is 6.14. The maximum Gasteiger partial charge on any atom is 0.340 e. The third kappa shape index (κ3) is 5.35. The quantitative estimate of drug-likeness (QED) is 0.340. The first-order chi connectivity index (χ1) is 15.6. The Morgan fingerprint density at radius 1 is 0.970 bits per heavy atom. The first-order valence-electron chi connectivity index (χ1n) is 9.88. The van der Waals surface area contributed by atoms with Gasteiger partial charge in [-0.05, 0) is 61.5 Å². The first kappa shape index (κ1) is 24.3. The molecule has 0 saturated carbocycles. The lowest BCUT2D eigenvalue weighted by molar-refractivity contribution is 0.0318. The molecule has 0 fully saturated rings. The van der Waals surface area contributed by atoms with E-state index >= 15 is 0 Å². The van der Waals surface area contributed by atoms with Crippen molar-refractivity contribution in [3.63, 3.8) is 0 Å². The second-order valence-corrected chi connectivity index (χ2v) is 9.47. The lowest BCUT2D eigenvalue weighted by Gasteiger charge is -2.20. The topological polar surface area (TPSA) is 90.0 Å². The van der Waals surface area contributed by atoms with Crippen LogP contribution in [0.1, 0.15) is 27.6 Å². The van der Waals surface area contributed by atoms with E-state index in [0.29, 0.717) is 17.0 Å². The molecule has 3 aromatic carbocycles. The zero-order chi connectivity index (χ0) is 24.2. The van der Waals surface area contributed by atoms with Crippen molar-refractivity contribution in [2.75, 3.05) is 18.5 Å². The summed E-state index contributed by atoms with van der Waals surface area (Å²) < 4.78 is 37.6. The Hall–Kier alpha value is -3.36. The van der Waals surface area contributed by atoms with Crippen molar-refractivity contribution in [2.24, 2.45) is 0 Å². The number of carbonyl (C=O) groups is 2. The number of anilines is 1. The van der Waals surface area contributed by atoms with Gasteiger partial charge in [-0.2, -0.15) is 0 Å². The van der Waals surface area contributed by atoms with E-state index in [2.05, 4.69) is 0 Å². The highest BCUT2D eigenvalue weighted by Gasteiger charge is 2.26. The molecule has 7 nitrogen and oxygen atoms in total. The summed E-state index contributed by atoms with van der Waals surface area (Å²) in [4.78, 5) is 25.2. The summed E-state index contributed by atoms with van der Waals surface area (Å²) in [5, 5.41) is 0.00501. The standard InChI is InChI=1S/C24H22ClNO6S/c1-16(23(27)17-9-11-19(31-3)12-10-17)32-24(28)21-15-20(13-14-22(21)25)33(29,30)26(2)18-7-5-4-6-8-18/h4-16H,1-3H3. The Kier molecular flexibility index (Phi) is 7.40. The molecule has 0 aliphatic heterocycles. The van der Waals surface area contributed by atoms with E-state index in [0.717, 1.165) is 10.4 Å². The minimum atomic E-state index is -3.97. The van der Waals surface area contributed by atoms with Crippen LogP contribution in [0.4, 0.5) is 5.69 Å². The molecule has 0 radical (unpaired) electrons. The molecular formula is C24H22ClNO6S. The number of ketones is 1. The number of benzene rings is 3. The fourth-order valence-electron chi connectivity index (χ4n) is 3.02. The summed E-state index contributed by atoms with van der Waals surface area (Å²) in [6, 6.07) is 18.6. The summed E-state index contributed by atoms with van der Waals surface area (Å²) in [5.74, 6) is -0.745. The van der Waals surface area contributed by atoms with Crippen molar-refractivity contribution in [2.45, 2.75) is 17.9 Å². The Morgan fingerprint density at radius 2 is 1.61 bits per heavy atom. The van der Waals surface area contributed by atoms with Crippen LogP contribution in [0.5, 0.6) is 5.75 Å². The average molecular weight is 488 g/mol. The number of para-hydroxylation sites is 1. The van der Waals surface area contributed by atoms with Crippen LogP contribution in [0, 0.1) is 0 Å². The lowest BCUT2D eigenvalue weighted by Crippen LogP contribution is -2.27. The van der Waals surface area contributed by atoms with Crippen molar-refractivity contribution < 1.29 is 27.5 Å². The Labute approximate surface area is 197 Å². The normalized spacial score (nSPS) is 12.0. The van der Waals surface area contributed by atoms with E-state index in [9.17, 15) is 18.0 Å². The molecule has 9 heteroatoms. The Morgan fingerprint density at radius 3 is 2.21 bits per heavy atom. The smallest absolute Gasteiger partial charge is 0.340 e. The highest BCUT2D eigenvalue weighted by atomic mass is 35.5. The van der Waals surface area contributed by atoms with Gasteiger partial charge in [-0.1, -0.05) is 29.8 Å². The van der Waals surface area contributed by atoms with Crippen molar-refractivity contribution in [1.82, 2.24) is 0 Å². The number of hydrogen-bond donors (Lipinski definition) is 0. The number of rotatable bonds is 8. The molecule has 0 aliphatic rings. The van der Waals surface area contributed by atoms with Gasteiger partial charge in [0.25, 0.3) is 10.0 Å². The molecule has 0 heterocycles. The fourth-order valence-corrected chi connectivity index (χ4v) is 4.44. The fraction of sp³-hybridized carbons (Fsp3) is 0.167. The van der Waals surface area contributed by atoms with Gasteiger partial charge in [0.15, 0.2) is 6.10 Å². The van der Waals surface area contributed by atoms with E-state index in [1.54, 1.807) is 54.6 Å². The van der Waals surface area contributed by atoms with Gasteiger partial charge in [-0.3, -0.25) is 9.10 Å². The number of ether oxygens (including phenoxy) is 2. The molecule has 0 saturated heterocycles. The minimum Gasteiger partial charge on any atom is -0.497 e. The van der Waals surface area contributed by atoms with Gasteiger partial charge in [0.05, 0.1) is 28.3 Å². The van der Waals surface area contributed by atoms with Crippen molar-refractivity contribution in [3.05, 3.63) is 88.9 Å². The number of hydrogen-bond acceptors (Lipinski definition) is 6.